The number of hydrogen-bond donors (Lipinski definition) is 1. The number of nitrogens with one attached hydrogen (secondary N) is 1. The van der Waals surface area contributed by atoms with Crippen LogP contribution in [0.4, 0.5) is 14.5 Å². The van der Waals surface area contributed by atoms with E-state index in [2.05, 4.69) is 10.3 Å². The molecule has 3 nitrogen and oxygen atoms in total. The van der Waals surface area contributed by atoms with Crippen LogP contribution in [0.5, 0.6) is 0 Å². The Morgan fingerprint density at radius 3 is 2.64 bits per heavy atom. The first-order valence-electron chi connectivity index (χ1n) is 7.17. The molecule has 0 saturated heterocycles. The highest BCUT2D eigenvalue weighted by Crippen LogP contribution is 2.24. The summed E-state index contributed by atoms with van der Waals surface area (Å²) in [4.78, 5) is 16.2. The molecule has 1 heterocycles. The number of anilines is 1. The normalized spacial score (nSPS) is 11.0. The quantitative estimate of drug-likeness (QED) is 0.620. The Balaban J connectivity index is 1.67. The van der Waals surface area contributed by atoms with Crippen molar-refractivity contribution in [3.05, 3.63) is 76.3 Å². The van der Waals surface area contributed by atoms with Gasteiger partial charge >= 0.3 is 0 Å². The van der Waals surface area contributed by atoms with E-state index in [0.717, 1.165) is 11.6 Å². The topological polar surface area (TPSA) is 42.0 Å². The first kappa shape index (κ1) is 17.3. The summed E-state index contributed by atoms with van der Waals surface area (Å²) in [5.41, 5.74) is 1.42. The van der Waals surface area contributed by atoms with Crippen LogP contribution in [0.1, 0.15) is 5.69 Å². The molecule has 3 rings (SSSR count). The van der Waals surface area contributed by atoms with Crippen molar-refractivity contribution in [2.24, 2.45) is 0 Å². The maximum atomic E-state index is 13.6. The number of benzene rings is 2. The van der Waals surface area contributed by atoms with Crippen molar-refractivity contribution in [1.82, 2.24) is 4.98 Å². The van der Waals surface area contributed by atoms with E-state index in [4.69, 9.17) is 11.6 Å². The Bertz CT molecular complexity index is 939. The van der Waals surface area contributed by atoms with Gasteiger partial charge < -0.3 is 5.32 Å². The maximum Gasteiger partial charge on any atom is 0.248 e. The van der Waals surface area contributed by atoms with Crippen molar-refractivity contribution in [2.75, 3.05) is 5.32 Å². The fourth-order valence-electron chi connectivity index (χ4n) is 2.01. The summed E-state index contributed by atoms with van der Waals surface area (Å²) in [6.45, 7) is 0. The number of hydrogen-bond acceptors (Lipinski definition) is 3. The zero-order valence-electron chi connectivity index (χ0n) is 12.7. The molecule has 1 N–H and O–H groups in total. The molecule has 0 saturated carbocycles. The number of halogens is 3. The zero-order chi connectivity index (χ0) is 17.8. The van der Waals surface area contributed by atoms with E-state index in [0.29, 0.717) is 10.7 Å². The van der Waals surface area contributed by atoms with Crippen molar-refractivity contribution in [3.63, 3.8) is 0 Å². The predicted molar refractivity (Wildman–Crippen MR) is 96.6 cm³/mol. The van der Waals surface area contributed by atoms with Gasteiger partial charge in [0.2, 0.25) is 5.91 Å². The zero-order valence-corrected chi connectivity index (χ0v) is 14.2. The van der Waals surface area contributed by atoms with Crippen molar-refractivity contribution in [2.45, 2.75) is 0 Å². The van der Waals surface area contributed by atoms with Crippen LogP contribution in [-0.2, 0) is 4.79 Å². The largest absolute Gasteiger partial charge is 0.320 e. The van der Waals surface area contributed by atoms with Gasteiger partial charge in [0, 0.05) is 22.0 Å². The van der Waals surface area contributed by atoms with E-state index in [-0.39, 0.29) is 16.5 Å². The number of amides is 1. The molecule has 0 aliphatic rings. The molecule has 0 atom stereocenters. The van der Waals surface area contributed by atoms with Gasteiger partial charge in [-0.05, 0) is 48.5 Å². The average Bonchev–Trinajstić information content (AvgIpc) is 3.05. The summed E-state index contributed by atoms with van der Waals surface area (Å²) in [5.74, 6) is -1.41. The van der Waals surface area contributed by atoms with Gasteiger partial charge in [-0.1, -0.05) is 11.6 Å². The Kier molecular flexibility index (Phi) is 5.21. The van der Waals surface area contributed by atoms with Crippen molar-refractivity contribution < 1.29 is 13.6 Å². The third-order valence-electron chi connectivity index (χ3n) is 3.21. The maximum absolute atomic E-state index is 13.6. The minimum Gasteiger partial charge on any atom is -0.320 e. The number of nitrogens with zero attached hydrogens (tertiary/aromatic N) is 1. The van der Waals surface area contributed by atoms with E-state index in [9.17, 15) is 13.6 Å². The molecule has 2 aromatic carbocycles. The molecule has 7 heteroatoms. The number of rotatable bonds is 4. The number of thiazole rings is 1. The third-order valence-corrected chi connectivity index (χ3v) is 4.35. The number of carbonyl (C=O) groups excluding carboxylic acids is 1. The van der Waals surface area contributed by atoms with Gasteiger partial charge in [0.05, 0.1) is 11.4 Å². The molecule has 1 amide bonds. The minimum absolute atomic E-state index is 0.0457. The Morgan fingerprint density at radius 2 is 1.92 bits per heavy atom. The summed E-state index contributed by atoms with van der Waals surface area (Å²) >= 11 is 7.04. The molecule has 0 spiro atoms. The standard InChI is InChI=1S/C18H11ClF2N2OS/c19-12-3-7-16(15(21)9-12)23-17(24)8-6-14-10-25-18(22-14)11-1-4-13(20)5-2-11/h1-10H,(H,23,24)/b8-6+. The summed E-state index contributed by atoms with van der Waals surface area (Å²) in [6, 6.07) is 9.99. The van der Waals surface area contributed by atoms with Gasteiger partial charge in [0.15, 0.2) is 0 Å². The molecular formula is C18H11ClF2N2OS. The molecule has 0 radical (unpaired) electrons. The predicted octanol–water partition coefficient (Wildman–Crippen LogP) is 5.39. The van der Waals surface area contributed by atoms with Gasteiger partial charge in [-0.2, -0.15) is 0 Å². The van der Waals surface area contributed by atoms with Gasteiger partial charge in [0.25, 0.3) is 0 Å². The molecule has 1 aromatic heterocycles. The first-order valence-corrected chi connectivity index (χ1v) is 8.42. The summed E-state index contributed by atoms with van der Waals surface area (Å²) in [6.07, 6.45) is 2.78. The SMILES string of the molecule is O=C(/C=C/c1csc(-c2ccc(F)cc2)n1)Nc1ccc(Cl)cc1F. The lowest BCUT2D eigenvalue weighted by Gasteiger charge is -2.03. The van der Waals surface area contributed by atoms with Crippen molar-refractivity contribution in [1.29, 1.82) is 0 Å². The van der Waals surface area contributed by atoms with Crippen LogP contribution in [0.3, 0.4) is 0 Å². The van der Waals surface area contributed by atoms with E-state index in [1.807, 2.05) is 0 Å². The average molecular weight is 377 g/mol. The van der Waals surface area contributed by atoms with Gasteiger partial charge in [-0.25, -0.2) is 13.8 Å². The Hall–Kier alpha value is -2.57. The molecule has 0 unspecified atom stereocenters. The second-order valence-electron chi connectivity index (χ2n) is 5.03. The molecule has 0 aliphatic carbocycles. The van der Waals surface area contributed by atoms with E-state index < -0.39 is 11.7 Å². The minimum atomic E-state index is -0.610. The molecule has 0 aliphatic heterocycles. The summed E-state index contributed by atoms with van der Waals surface area (Å²) in [5, 5.41) is 5.16. The lowest BCUT2D eigenvalue weighted by molar-refractivity contribution is -0.111. The van der Waals surface area contributed by atoms with Crippen LogP contribution in [-0.4, -0.2) is 10.9 Å². The van der Waals surface area contributed by atoms with Crippen LogP contribution in [0.2, 0.25) is 5.02 Å². The van der Waals surface area contributed by atoms with Crippen LogP contribution in [0.15, 0.2) is 53.9 Å². The Labute approximate surface area is 151 Å². The van der Waals surface area contributed by atoms with E-state index in [1.54, 1.807) is 17.5 Å². The second-order valence-corrected chi connectivity index (χ2v) is 6.33. The molecule has 0 bridgehead atoms. The number of carbonyl (C=O) groups is 1. The highest BCUT2D eigenvalue weighted by molar-refractivity contribution is 7.13. The van der Waals surface area contributed by atoms with E-state index in [1.165, 1.54) is 47.8 Å². The van der Waals surface area contributed by atoms with E-state index >= 15 is 0 Å². The lowest BCUT2D eigenvalue weighted by Crippen LogP contribution is -2.09. The van der Waals surface area contributed by atoms with Crippen molar-refractivity contribution in [3.8, 4) is 10.6 Å². The molecular weight excluding hydrogens is 366 g/mol. The highest BCUT2D eigenvalue weighted by atomic mass is 35.5. The monoisotopic (exact) mass is 376 g/mol. The summed E-state index contributed by atoms with van der Waals surface area (Å²) < 4.78 is 26.6. The molecule has 0 fully saturated rings. The fourth-order valence-corrected chi connectivity index (χ4v) is 2.97. The van der Waals surface area contributed by atoms with Gasteiger partial charge in [0.1, 0.15) is 16.6 Å². The smallest absolute Gasteiger partial charge is 0.248 e. The first-order chi connectivity index (χ1) is 12.0. The van der Waals surface area contributed by atoms with Gasteiger partial charge in [-0.15, -0.1) is 11.3 Å². The molecule has 25 heavy (non-hydrogen) atoms. The second kappa shape index (κ2) is 7.55. The summed E-state index contributed by atoms with van der Waals surface area (Å²) in [7, 11) is 0. The Morgan fingerprint density at radius 1 is 1.16 bits per heavy atom. The number of aromatic nitrogens is 1. The van der Waals surface area contributed by atoms with Gasteiger partial charge in [-0.3, -0.25) is 4.79 Å². The molecule has 126 valence electrons. The highest BCUT2D eigenvalue weighted by Gasteiger charge is 2.06. The third kappa shape index (κ3) is 4.49. The molecule has 3 aromatic rings. The lowest BCUT2D eigenvalue weighted by atomic mass is 10.2. The van der Waals surface area contributed by atoms with Crippen LogP contribution in [0, 0.1) is 11.6 Å². The van der Waals surface area contributed by atoms with Crippen LogP contribution >= 0.6 is 22.9 Å². The fraction of sp³-hybridized carbons (Fsp3) is 0. The van der Waals surface area contributed by atoms with Crippen LogP contribution < -0.4 is 5.32 Å². The van der Waals surface area contributed by atoms with Crippen molar-refractivity contribution >= 4 is 40.6 Å². The van der Waals surface area contributed by atoms with Crippen LogP contribution in [0.25, 0.3) is 16.6 Å².